The highest BCUT2D eigenvalue weighted by molar-refractivity contribution is 5.66. The van der Waals surface area contributed by atoms with Crippen molar-refractivity contribution in [3.8, 4) is 11.3 Å². The number of anilines is 2. The molecule has 0 spiro atoms. The minimum Gasteiger partial charge on any atom is -0.396 e. The van der Waals surface area contributed by atoms with E-state index in [9.17, 15) is 8.78 Å². The molecule has 1 aliphatic carbocycles. The maximum absolute atomic E-state index is 14.8. The van der Waals surface area contributed by atoms with Crippen molar-refractivity contribution >= 4 is 17.2 Å². The van der Waals surface area contributed by atoms with Crippen LogP contribution in [0.1, 0.15) is 42.7 Å². The second-order valence-electron chi connectivity index (χ2n) is 8.76. The fraction of sp³-hybridized carbons (Fsp3) is 0.320. The van der Waals surface area contributed by atoms with E-state index in [0.717, 1.165) is 36.9 Å². The highest BCUT2D eigenvalue weighted by Crippen LogP contribution is 2.36. The first-order valence-corrected chi connectivity index (χ1v) is 11.4. The Balaban J connectivity index is 1.50. The summed E-state index contributed by atoms with van der Waals surface area (Å²) in [6.07, 6.45) is 9.43. The molecule has 0 saturated heterocycles. The van der Waals surface area contributed by atoms with Crippen LogP contribution in [0.5, 0.6) is 0 Å². The Morgan fingerprint density at radius 1 is 1.12 bits per heavy atom. The first kappa shape index (κ1) is 22.4. The van der Waals surface area contributed by atoms with Crippen LogP contribution in [0.3, 0.4) is 0 Å². The number of hydrogen-bond acceptors (Lipinski definition) is 6. The van der Waals surface area contributed by atoms with E-state index in [1.807, 2.05) is 6.07 Å². The van der Waals surface area contributed by atoms with Gasteiger partial charge >= 0.3 is 0 Å². The van der Waals surface area contributed by atoms with Crippen molar-refractivity contribution < 1.29 is 13.9 Å². The van der Waals surface area contributed by atoms with E-state index in [4.69, 9.17) is 10.8 Å². The molecule has 2 atom stereocenters. The molecule has 0 amide bonds. The number of halogens is 2. The molecule has 5 rings (SSSR count). The molecule has 1 aliphatic rings. The van der Waals surface area contributed by atoms with E-state index in [1.54, 1.807) is 30.7 Å². The predicted molar refractivity (Wildman–Crippen MR) is 126 cm³/mol. The summed E-state index contributed by atoms with van der Waals surface area (Å²) in [6, 6.07) is 7.91. The molecular weight excluding hydrogens is 438 g/mol. The van der Waals surface area contributed by atoms with Gasteiger partial charge in [-0.15, -0.1) is 0 Å². The second kappa shape index (κ2) is 9.44. The molecule has 34 heavy (non-hydrogen) atoms. The molecule has 9 heteroatoms. The van der Waals surface area contributed by atoms with Gasteiger partial charge in [-0.05, 0) is 73.1 Å². The number of aliphatic hydroxyl groups is 1. The first-order valence-electron chi connectivity index (χ1n) is 11.4. The van der Waals surface area contributed by atoms with Crippen molar-refractivity contribution in [2.45, 2.75) is 44.1 Å². The Kier molecular flexibility index (Phi) is 6.21. The summed E-state index contributed by atoms with van der Waals surface area (Å²) < 4.78 is 31.1. The molecule has 176 valence electrons. The highest BCUT2D eigenvalue weighted by atomic mass is 19.1. The summed E-state index contributed by atoms with van der Waals surface area (Å²) in [5.41, 5.74) is 9.13. The Hall–Kier alpha value is -3.43. The molecule has 4 N–H and O–H groups in total. The number of rotatable bonds is 6. The molecule has 1 fully saturated rings. The van der Waals surface area contributed by atoms with Crippen LogP contribution in [0.25, 0.3) is 16.8 Å². The normalized spacial score (nSPS) is 18.4. The number of fused-ring (bicyclic) bond motifs is 1. The standard InChI is InChI=1S/C25H26F2N6O/c26-20-10-15(7-9-34)11-21(27)24(20)22-5-4-18-13-30-25(33(18)32-22)31-23-14-29-8-6-19(23)16-2-1-3-17(28)12-16/h4-6,8,10-11,13-14,16-17,34H,1-3,7,9,12,28H2,(H,30,31)/t16-,17+/m1/s1. The van der Waals surface area contributed by atoms with Gasteiger partial charge in [-0.3, -0.25) is 4.98 Å². The topological polar surface area (TPSA) is 101 Å². The van der Waals surface area contributed by atoms with Crippen molar-refractivity contribution in [3.63, 3.8) is 0 Å². The molecule has 0 aliphatic heterocycles. The van der Waals surface area contributed by atoms with Crippen LogP contribution in [0, 0.1) is 11.6 Å². The Morgan fingerprint density at radius 3 is 2.71 bits per heavy atom. The molecule has 0 bridgehead atoms. The molecule has 0 unspecified atom stereocenters. The summed E-state index contributed by atoms with van der Waals surface area (Å²) in [7, 11) is 0. The lowest BCUT2D eigenvalue weighted by Crippen LogP contribution is -2.27. The van der Waals surface area contributed by atoms with E-state index in [2.05, 4.69) is 20.4 Å². The predicted octanol–water partition coefficient (Wildman–Crippen LogP) is 4.33. The van der Waals surface area contributed by atoms with Gasteiger partial charge in [-0.25, -0.2) is 13.8 Å². The molecule has 3 aromatic heterocycles. The van der Waals surface area contributed by atoms with Crippen LogP contribution >= 0.6 is 0 Å². The Morgan fingerprint density at radius 2 is 1.94 bits per heavy atom. The fourth-order valence-electron chi connectivity index (χ4n) is 4.74. The highest BCUT2D eigenvalue weighted by Gasteiger charge is 2.23. The second-order valence-corrected chi connectivity index (χ2v) is 8.76. The zero-order valence-electron chi connectivity index (χ0n) is 18.6. The molecule has 0 radical (unpaired) electrons. The number of nitrogens with zero attached hydrogens (tertiary/aromatic N) is 4. The lowest BCUT2D eigenvalue weighted by Gasteiger charge is -2.28. The van der Waals surface area contributed by atoms with Gasteiger partial charge in [-0.2, -0.15) is 9.61 Å². The number of nitrogens with one attached hydrogen (secondary N) is 1. The van der Waals surface area contributed by atoms with Gasteiger partial charge in [-0.1, -0.05) is 6.42 Å². The van der Waals surface area contributed by atoms with Crippen molar-refractivity contribution in [1.29, 1.82) is 0 Å². The average molecular weight is 465 g/mol. The quantitative estimate of drug-likeness (QED) is 0.393. The van der Waals surface area contributed by atoms with Crippen LogP contribution in [-0.4, -0.2) is 37.3 Å². The Labute approximate surface area is 195 Å². The maximum atomic E-state index is 14.8. The SMILES string of the molecule is N[C@H]1CCC[C@@H](c2ccncc2Nc2ncc3ccc(-c4c(F)cc(CCO)cc4F)nn23)C1. The smallest absolute Gasteiger partial charge is 0.229 e. The number of aliphatic hydroxyl groups excluding tert-OH is 1. The number of pyridine rings is 1. The summed E-state index contributed by atoms with van der Waals surface area (Å²) in [5.74, 6) is -0.713. The van der Waals surface area contributed by atoms with Gasteiger partial charge in [0.2, 0.25) is 5.95 Å². The number of imidazole rings is 1. The van der Waals surface area contributed by atoms with Crippen LogP contribution in [0.4, 0.5) is 20.4 Å². The van der Waals surface area contributed by atoms with Gasteiger partial charge in [0.05, 0.1) is 34.9 Å². The molecule has 1 saturated carbocycles. The largest absolute Gasteiger partial charge is 0.396 e. The van der Waals surface area contributed by atoms with E-state index in [0.29, 0.717) is 22.9 Å². The molecule has 7 nitrogen and oxygen atoms in total. The summed E-state index contributed by atoms with van der Waals surface area (Å²) in [5, 5.41) is 16.9. The zero-order valence-corrected chi connectivity index (χ0v) is 18.6. The lowest BCUT2D eigenvalue weighted by molar-refractivity contribution is 0.299. The van der Waals surface area contributed by atoms with E-state index >= 15 is 0 Å². The molecule has 4 aromatic rings. The van der Waals surface area contributed by atoms with Crippen LogP contribution in [0.2, 0.25) is 0 Å². The van der Waals surface area contributed by atoms with E-state index in [1.165, 1.54) is 16.6 Å². The molecule has 1 aromatic carbocycles. The Bertz CT molecular complexity index is 1300. The third-order valence-electron chi connectivity index (χ3n) is 6.40. The molecule has 3 heterocycles. The van der Waals surface area contributed by atoms with Gasteiger partial charge < -0.3 is 16.2 Å². The summed E-state index contributed by atoms with van der Waals surface area (Å²) >= 11 is 0. The first-order chi connectivity index (χ1) is 16.5. The number of aromatic nitrogens is 4. The van der Waals surface area contributed by atoms with Gasteiger partial charge in [0, 0.05) is 18.8 Å². The van der Waals surface area contributed by atoms with Crippen molar-refractivity contribution in [2.24, 2.45) is 5.73 Å². The van der Waals surface area contributed by atoms with Crippen LogP contribution in [0.15, 0.2) is 48.9 Å². The minimum absolute atomic E-state index is 0.142. The number of benzene rings is 1. The minimum atomic E-state index is -0.729. The monoisotopic (exact) mass is 464 g/mol. The van der Waals surface area contributed by atoms with Gasteiger partial charge in [0.15, 0.2) is 0 Å². The van der Waals surface area contributed by atoms with Crippen LogP contribution < -0.4 is 11.1 Å². The lowest BCUT2D eigenvalue weighted by atomic mass is 9.81. The number of nitrogens with two attached hydrogens (primary N) is 1. The van der Waals surface area contributed by atoms with Gasteiger partial charge in [0.25, 0.3) is 0 Å². The number of hydrogen-bond donors (Lipinski definition) is 3. The summed E-state index contributed by atoms with van der Waals surface area (Å²) in [4.78, 5) is 8.69. The van der Waals surface area contributed by atoms with Crippen molar-refractivity contribution in [2.75, 3.05) is 11.9 Å². The third-order valence-corrected chi connectivity index (χ3v) is 6.40. The molecular formula is C25H26F2N6O. The van der Waals surface area contributed by atoms with E-state index in [-0.39, 0.29) is 30.3 Å². The summed E-state index contributed by atoms with van der Waals surface area (Å²) in [6.45, 7) is -0.185. The zero-order chi connectivity index (χ0) is 23.7. The van der Waals surface area contributed by atoms with Crippen molar-refractivity contribution in [3.05, 3.63) is 71.7 Å². The van der Waals surface area contributed by atoms with E-state index < -0.39 is 11.6 Å². The van der Waals surface area contributed by atoms with Crippen molar-refractivity contribution in [1.82, 2.24) is 19.6 Å². The third kappa shape index (κ3) is 4.36. The fourth-order valence-corrected chi connectivity index (χ4v) is 4.74. The van der Waals surface area contributed by atoms with Gasteiger partial charge in [0.1, 0.15) is 11.6 Å². The maximum Gasteiger partial charge on any atom is 0.229 e. The average Bonchev–Trinajstić information content (AvgIpc) is 3.21. The van der Waals surface area contributed by atoms with Crippen LogP contribution in [-0.2, 0) is 6.42 Å².